The lowest BCUT2D eigenvalue weighted by Crippen LogP contribution is -2.30. The molecule has 0 saturated carbocycles. The Balaban J connectivity index is 2.08. The third-order valence-electron chi connectivity index (χ3n) is 3.41. The highest BCUT2D eigenvalue weighted by Gasteiger charge is 2.12. The Labute approximate surface area is 107 Å². The Bertz CT molecular complexity index is 518. The van der Waals surface area contributed by atoms with Gasteiger partial charge in [0.25, 0.3) is 0 Å². The summed E-state index contributed by atoms with van der Waals surface area (Å²) in [4.78, 5) is 0. The first kappa shape index (κ1) is 13.1. The van der Waals surface area contributed by atoms with Gasteiger partial charge in [0.1, 0.15) is 17.2 Å². The van der Waals surface area contributed by atoms with Gasteiger partial charge in [-0.25, -0.2) is 4.39 Å². The number of aryl methyl sites for hydroxylation is 1. The molecular formula is C15H20FNO. The monoisotopic (exact) mass is 249 g/mol. The molecule has 0 aliphatic carbocycles. The van der Waals surface area contributed by atoms with Crippen LogP contribution in [0.15, 0.2) is 28.7 Å². The maximum atomic E-state index is 13.1. The van der Waals surface area contributed by atoms with Crippen molar-refractivity contribution in [3.05, 3.63) is 35.8 Å². The molecule has 3 heteroatoms. The quantitative estimate of drug-likeness (QED) is 0.873. The highest BCUT2D eigenvalue weighted by molar-refractivity contribution is 5.77. The van der Waals surface area contributed by atoms with Crippen molar-refractivity contribution in [2.24, 2.45) is 5.92 Å². The van der Waals surface area contributed by atoms with Gasteiger partial charge in [0.15, 0.2) is 0 Å². The molecule has 0 amide bonds. The number of halogens is 1. The molecule has 2 rings (SSSR count). The summed E-state index contributed by atoms with van der Waals surface area (Å²) in [5.41, 5.74) is 0.761. The van der Waals surface area contributed by atoms with Gasteiger partial charge < -0.3 is 9.73 Å². The van der Waals surface area contributed by atoms with E-state index in [0.717, 1.165) is 29.6 Å². The summed E-state index contributed by atoms with van der Waals surface area (Å²) in [6, 6.07) is 7.05. The molecule has 1 atom stereocenters. The normalized spacial score (nSPS) is 13.4. The Morgan fingerprint density at radius 1 is 1.28 bits per heavy atom. The van der Waals surface area contributed by atoms with E-state index in [1.54, 1.807) is 6.07 Å². The number of furan rings is 1. The topological polar surface area (TPSA) is 25.2 Å². The van der Waals surface area contributed by atoms with Crippen LogP contribution in [-0.4, -0.2) is 13.1 Å². The van der Waals surface area contributed by atoms with Crippen LogP contribution < -0.4 is 5.32 Å². The maximum absolute atomic E-state index is 13.1. The minimum atomic E-state index is -0.217. The van der Waals surface area contributed by atoms with Crippen LogP contribution in [0.5, 0.6) is 0 Å². The van der Waals surface area contributed by atoms with Gasteiger partial charge in [-0.1, -0.05) is 13.8 Å². The number of fused-ring (bicyclic) bond motifs is 1. The van der Waals surface area contributed by atoms with E-state index >= 15 is 0 Å². The molecule has 1 aromatic heterocycles. The number of hydrogen-bond donors (Lipinski definition) is 1. The molecular weight excluding hydrogens is 229 g/mol. The van der Waals surface area contributed by atoms with Crippen molar-refractivity contribution in [3.8, 4) is 0 Å². The molecule has 1 N–H and O–H groups in total. The van der Waals surface area contributed by atoms with Crippen molar-refractivity contribution >= 4 is 11.0 Å². The van der Waals surface area contributed by atoms with Gasteiger partial charge in [-0.3, -0.25) is 0 Å². The number of rotatable bonds is 5. The summed E-state index contributed by atoms with van der Waals surface area (Å²) in [7, 11) is 1.98. The van der Waals surface area contributed by atoms with Crippen LogP contribution in [0.2, 0.25) is 0 Å². The fraction of sp³-hybridized carbons (Fsp3) is 0.467. The minimum Gasteiger partial charge on any atom is -0.461 e. The van der Waals surface area contributed by atoms with Gasteiger partial charge >= 0.3 is 0 Å². The molecule has 0 fully saturated rings. The summed E-state index contributed by atoms with van der Waals surface area (Å²) in [6.45, 7) is 4.41. The Morgan fingerprint density at radius 3 is 2.72 bits per heavy atom. The summed E-state index contributed by atoms with van der Waals surface area (Å²) < 4.78 is 18.8. The van der Waals surface area contributed by atoms with Crippen LogP contribution in [0.4, 0.5) is 4.39 Å². The number of nitrogens with one attached hydrogen (secondary N) is 1. The zero-order valence-electron chi connectivity index (χ0n) is 11.2. The summed E-state index contributed by atoms with van der Waals surface area (Å²) in [5.74, 6) is 1.30. The number of hydrogen-bond acceptors (Lipinski definition) is 2. The molecule has 1 aromatic carbocycles. The predicted molar refractivity (Wildman–Crippen MR) is 72.2 cm³/mol. The first-order chi connectivity index (χ1) is 8.60. The predicted octanol–water partition coefficient (Wildman–Crippen LogP) is 3.75. The van der Waals surface area contributed by atoms with Crippen molar-refractivity contribution in [2.45, 2.75) is 32.7 Å². The van der Waals surface area contributed by atoms with E-state index in [4.69, 9.17) is 4.42 Å². The van der Waals surface area contributed by atoms with Gasteiger partial charge in [-0.2, -0.15) is 0 Å². The van der Waals surface area contributed by atoms with Gasteiger partial charge in [-0.15, -0.1) is 0 Å². The molecule has 1 heterocycles. The molecule has 0 radical (unpaired) electrons. The standard InChI is InChI=1S/C15H20FNO/c1-10(2)14(17-3)6-5-13-9-11-8-12(16)4-7-15(11)18-13/h4,7-10,14,17H,5-6H2,1-3H3. The first-order valence-electron chi connectivity index (χ1n) is 6.45. The fourth-order valence-electron chi connectivity index (χ4n) is 2.30. The molecule has 0 aliphatic heterocycles. The Morgan fingerprint density at radius 2 is 2.06 bits per heavy atom. The van der Waals surface area contributed by atoms with Crippen LogP contribution in [0.25, 0.3) is 11.0 Å². The second-order valence-electron chi connectivity index (χ2n) is 5.07. The van der Waals surface area contributed by atoms with Crippen LogP contribution in [0.3, 0.4) is 0 Å². The Hall–Kier alpha value is -1.35. The third kappa shape index (κ3) is 2.91. The summed E-state index contributed by atoms with van der Waals surface area (Å²) in [6.07, 6.45) is 1.90. The van der Waals surface area contributed by atoms with Crippen molar-refractivity contribution in [3.63, 3.8) is 0 Å². The average molecular weight is 249 g/mol. The lowest BCUT2D eigenvalue weighted by atomic mass is 9.99. The zero-order valence-corrected chi connectivity index (χ0v) is 11.2. The maximum Gasteiger partial charge on any atom is 0.134 e. The molecule has 2 aromatic rings. The van der Waals surface area contributed by atoms with E-state index in [1.165, 1.54) is 12.1 Å². The van der Waals surface area contributed by atoms with Gasteiger partial charge in [-0.05, 0) is 43.7 Å². The lowest BCUT2D eigenvalue weighted by Gasteiger charge is -2.19. The molecule has 1 unspecified atom stereocenters. The molecule has 0 spiro atoms. The van der Waals surface area contributed by atoms with Crippen molar-refractivity contribution in [1.29, 1.82) is 0 Å². The van der Waals surface area contributed by atoms with Gasteiger partial charge in [0.05, 0.1) is 0 Å². The fourth-order valence-corrected chi connectivity index (χ4v) is 2.30. The Kier molecular flexibility index (Phi) is 4.02. The second kappa shape index (κ2) is 5.53. The highest BCUT2D eigenvalue weighted by Crippen LogP contribution is 2.22. The van der Waals surface area contributed by atoms with Crippen LogP contribution in [0.1, 0.15) is 26.0 Å². The van der Waals surface area contributed by atoms with Gasteiger partial charge in [0.2, 0.25) is 0 Å². The highest BCUT2D eigenvalue weighted by atomic mass is 19.1. The summed E-state index contributed by atoms with van der Waals surface area (Å²) >= 11 is 0. The van der Waals surface area contributed by atoms with E-state index in [-0.39, 0.29) is 5.82 Å². The molecule has 0 bridgehead atoms. The SMILES string of the molecule is CNC(CCc1cc2cc(F)ccc2o1)C(C)C. The first-order valence-corrected chi connectivity index (χ1v) is 6.45. The van der Waals surface area contributed by atoms with Crippen molar-refractivity contribution in [2.75, 3.05) is 7.05 Å². The van der Waals surface area contributed by atoms with E-state index < -0.39 is 0 Å². The van der Waals surface area contributed by atoms with Gasteiger partial charge in [0, 0.05) is 17.8 Å². The molecule has 0 aliphatic rings. The smallest absolute Gasteiger partial charge is 0.134 e. The molecule has 0 saturated heterocycles. The van der Waals surface area contributed by atoms with Crippen LogP contribution in [0, 0.1) is 11.7 Å². The summed E-state index contributed by atoms with van der Waals surface area (Å²) in [5, 5.41) is 4.16. The molecule has 98 valence electrons. The van der Waals surface area contributed by atoms with Crippen LogP contribution in [-0.2, 0) is 6.42 Å². The zero-order chi connectivity index (χ0) is 13.1. The van der Waals surface area contributed by atoms with E-state index in [0.29, 0.717) is 12.0 Å². The van der Waals surface area contributed by atoms with Crippen molar-refractivity contribution in [1.82, 2.24) is 5.32 Å². The van der Waals surface area contributed by atoms with E-state index in [2.05, 4.69) is 19.2 Å². The van der Waals surface area contributed by atoms with E-state index in [9.17, 15) is 4.39 Å². The van der Waals surface area contributed by atoms with Crippen molar-refractivity contribution < 1.29 is 8.81 Å². The lowest BCUT2D eigenvalue weighted by molar-refractivity contribution is 0.390. The largest absolute Gasteiger partial charge is 0.461 e. The van der Waals surface area contributed by atoms with Crippen LogP contribution >= 0.6 is 0 Å². The number of benzene rings is 1. The average Bonchev–Trinajstić information content (AvgIpc) is 2.71. The molecule has 18 heavy (non-hydrogen) atoms. The molecule has 2 nitrogen and oxygen atoms in total. The second-order valence-corrected chi connectivity index (χ2v) is 5.07. The minimum absolute atomic E-state index is 0.217. The van der Waals surface area contributed by atoms with E-state index in [1.807, 2.05) is 13.1 Å². The third-order valence-corrected chi connectivity index (χ3v) is 3.41.